The van der Waals surface area contributed by atoms with Crippen LogP contribution in [0.25, 0.3) is 0 Å². The number of hydrogen-bond acceptors (Lipinski definition) is 3. The minimum atomic E-state index is -0.170. The van der Waals surface area contributed by atoms with Gasteiger partial charge in [0.25, 0.3) is 0 Å². The fraction of sp³-hybridized carbons (Fsp3) is 0.579. The first-order valence-electron chi connectivity index (χ1n) is 9.08. The van der Waals surface area contributed by atoms with Crippen molar-refractivity contribution in [2.75, 3.05) is 36.4 Å². The molecule has 1 aliphatic carbocycles. The molecule has 2 fully saturated rings. The van der Waals surface area contributed by atoms with E-state index in [1.807, 2.05) is 30.9 Å². The Labute approximate surface area is 144 Å². The number of nitrogens with one attached hydrogen (secondary N) is 1. The molecular formula is C19H27N3O2. The van der Waals surface area contributed by atoms with Crippen molar-refractivity contribution in [3.05, 3.63) is 24.3 Å². The van der Waals surface area contributed by atoms with Crippen LogP contribution < -0.4 is 10.2 Å². The van der Waals surface area contributed by atoms with Gasteiger partial charge in [0.2, 0.25) is 11.8 Å². The Bertz CT molecular complexity index is 589. The maximum absolute atomic E-state index is 12.3. The van der Waals surface area contributed by atoms with Gasteiger partial charge in [-0.25, -0.2) is 0 Å². The van der Waals surface area contributed by atoms with Gasteiger partial charge in [0.1, 0.15) is 0 Å². The highest BCUT2D eigenvalue weighted by molar-refractivity contribution is 5.99. The molecule has 1 saturated heterocycles. The maximum atomic E-state index is 12.3. The Morgan fingerprint density at radius 1 is 1.08 bits per heavy atom. The van der Waals surface area contributed by atoms with Crippen molar-refractivity contribution < 1.29 is 9.59 Å². The number of benzene rings is 1. The van der Waals surface area contributed by atoms with Crippen LogP contribution in [-0.2, 0) is 9.59 Å². The highest BCUT2D eigenvalue weighted by atomic mass is 16.2. The minimum absolute atomic E-state index is 0.0329. The quantitative estimate of drug-likeness (QED) is 0.873. The lowest BCUT2D eigenvalue weighted by atomic mass is 10.2. The number of nitrogens with zero attached hydrogens (tertiary/aromatic N) is 2. The zero-order valence-corrected chi connectivity index (χ0v) is 14.6. The van der Waals surface area contributed by atoms with E-state index in [4.69, 9.17) is 0 Å². The van der Waals surface area contributed by atoms with Crippen LogP contribution in [-0.4, -0.2) is 42.9 Å². The fourth-order valence-electron chi connectivity index (χ4n) is 3.49. The smallest absolute Gasteiger partial charge is 0.228 e. The van der Waals surface area contributed by atoms with E-state index in [0.717, 1.165) is 18.8 Å². The molecule has 1 heterocycles. The van der Waals surface area contributed by atoms with E-state index in [2.05, 4.69) is 22.3 Å². The molecule has 0 aromatic heterocycles. The first kappa shape index (κ1) is 16.8. The van der Waals surface area contributed by atoms with E-state index < -0.39 is 0 Å². The topological polar surface area (TPSA) is 52.7 Å². The molecule has 2 aliphatic rings. The first-order chi connectivity index (χ1) is 11.6. The van der Waals surface area contributed by atoms with Crippen LogP contribution in [0.2, 0.25) is 0 Å². The monoisotopic (exact) mass is 329 g/mol. The molecule has 2 atom stereocenters. The van der Waals surface area contributed by atoms with Crippen molar-refractivity contribution in [3.8, 4) is 0 Å². The summed E-state index contributed by atoms with van der Waals surface area (Å²) in [6.45, 7) is 7.59. The summed E-state index contributed by atoms with van der Waals surface area (Å²) in [5.74, 6) is -0.218. The fourth-order valence-corrected chi connectivity index (χ4v) is 3.49. The molecule has 2 unspecified atom stereocenters. The predicted octanol–water partition coefficient (Wildman–Crippen LogP) is 2.73. The molecule has 0 radical (unpaired) electrons. The number of anilines is 2. The molecule has 2 amide bonds. The van der Waals surface area contributed by atoms with E-state index in [0.29, 0.717) is 19.5 Å². The van der Waals surface area contributed by atoms with Gasteiger partial charge in [0.15, 0.2) is 0 Å². The summed E-state index contributed by atoms with van der Waals surface area (Å²) in [6.07, 6.45) is 3.18. The Balaban J connectivity index is 1.53. The van der Waals surface area contributed by atoms with Gasteiger partial charge in [-0.05, 0) is 57.4 Å². The molecule has 1 aliphatic heterocycles. The van der Waals surface area contributed by atoms with Gasteiger partial charge >= 0.3 is 0 Å². The van der Waals surface area contributed by atoms with E-state index in [1.54, 1.807) is 0 Å². The molecule has 1 saturated carbocycles. The third-order valence-corrected chi connectivity index (χ3v) is 5.13. The Morgan fingerprint density at radius 3 is 2.29 bits per heavy atom. The van der Waals surface area contributed by atoms with Gasteiger partial charge in [0.05, 0.1) is 11.8 Å². The van der Waals surface area contributed by atoms with E-state index in [-0.39, 0.29) is 23.7 Å². The highest BCUT2D eigenvalue weighted by Gasteiger charge is 2.49. The summed E-state index contributed by atoms with van der Waals surface area (Å²) >= 11 is 0. The van der Waals surface area contributed by atoms with E-state index in [9.17, 15) is 9.59 Å². The Kier molecular flexibility index (Phi) is 5.07. The summed E-state index contributed by atoms with van der Waals surface area (Å²) in [5.41, 5.74) is 2.02. The predicted molar refractivity (Wildman–Crippen MR) is 96.0 cm³/mol. The van der Waals surface area contributed by atoms with Gasteiger partial charge in [-0.3, -0.25) is 9.59 Å². The number of amides is 2. The molecule has 1 aromatic rings. The first-order valence-corrected chi connectivity index (χ1v) is 9.08. The van der Waals surface area contributed by atoms with Crippen LogP contribution in [0, 0.1) is 11.8 Å². The summed E-state index contributed by atoms with van der Waals surface area (Å²) < 4.78 is 0. The molecule has 130 valence electrons. The normalized spacial score (nSPS) is 22.3. The Hall–Kier alpha value is -2.04. The van der Waals surface area contributed by atoms with Gasteiger partial charge in [-0.2, -0.15) is 0 Å². The highest BCUT2D eigenvalue weighted by Crippen LogP contribution is 2.40. The summed E-state index contributed by atoms with van der Waals surface area (Å²) in [4.78, 5) is 28.8. The maximum Gasteiger partial charge on any atom is 0.228 e. The molecule has 3 rings (SSSR count). The molecule has 1 N–H and O–H groups in total. The second-order valence-electron chi connectivity index (χ2n) is 6.69. The van der Waals surface area contributed by atoms with Crippen molar-refractivity contribution in [1.29, 1.82) is 0 Å². The second kappa shape index (κ2) is 7.24. The number of hydrogen-bond donors (Lipinski definition) is 1. The molecule has 5 nitrogen and oxygen atoms in total. The standard InChI is InChI=1S/C19H27N3O2/c1-3-21(4-2)19(24)17-13-16(17)18(23)20-14-7-9-15(10-8-14)22-11-5-6-12-22/h7-10,16-17H,3-6,11-13H2,1-2H3,(H,20,23). The van der Waals surface area contributed by atoms with Gasteiger partial charge in [-0.15, -0.1) is 0 Å². The third kappa shape index (κ3) is 3.55. The average molecular weight is 329 g/mol. The van der Waals surface area contributed by atoms with E-state index >= 15 is 0 Å². The molecule has 0 spiro atoms. The number of rotatable bonds is 6. The van der Waals surface area contributed by atoms with Crippen LogP contribution in [0.15, 0.2) is 24.3 Å². The average Bonchev–Trinajstić information content (AvgIpc) is 3.22. The van der Waals surface area contributed by atoms with Crippen LogP contribution in [0.1, 0.15) is 33.1 Å². The molecule has 5 heteroatoms. The van der Waals surface area contributed by atoms with Crippen LogP contribution in [0.5, 0.6) is 0 Å². The van der Waals surface area contributed by atoms with Crippen LogP contribution in [0.4, 0.5) is 11.4 Å². The molecule has 24 heavy (non-hydrogen) atoms. The van der Waals surface area contributed by atoms with Crippen molar-refractivity contribution in [1.82, 2.24) is 4.90 Å². The molecular weight excluding hydrogens is 302 g/mol. The van der Waals surface area contributed by atoms with Crippen molar-refractivity contribution in [2.45, 2.75) is 33.1 Å². The van der Waals surface area contributed by atoms with Crippen molar-refractivity contribution >= 4 is 23.2 Å². The lowest BCUT2D eigenvalue weighted by molar-refractivity contribution is -0.133. The number of carbonyl (C=O) groups excluding carboxylic acids is 2. The van der Waals surface area contributed by atoms with Crippen molar-refractivity contribution in [2.24, 2.45) is 11.8 Å². The van der Waals surface area contributed by atoms with Crippen LogP contribution in [0.3, 0.4) is 0 Å². The lowest BCUT2D eigenvalue weighted by Gasteiger charge is -2.18. The van der Waals surface area contributed by atoms with Crippen LogP contribution >= 0.6 is 0 Å². The molecule has 0 bridgehead atoms. The zero-order valence-electron chi connectivity index (χ0n) is 14.6. The SMILES string of the molecule is CCN(CC)C(=O)C1CC1C(=O)Nc1ccc(N2CCCC2)cc1. The summed E-state index contributed by atoms with van der Waals surface area (Å²) in [5, 5.41) is 2.95. The largest absolute Gasteiger partial charge is 0.372 e. The lowest BCUT2D eigenvalue weighted by Crippen LogP contribution is -2.33. The minimum Gasteiger partial charge on any atom is -0.372 e. The Morgan fingerprint density at radius 2 is 1.71 bits per heavy atom. The summed E-state index contributed by atoms with van der Waals surface area (Å²) in [7, 11) is 0. The van der Waals surface area contributed by atoms with Gasteiger partial charge in [-0.1, -0.05) is 0 Å². The van der Waals surface area contributed by atoms with E-state index in [1.165, 1.54) is 18.5 Å². The second-order valence-corrected chi connectivity index (χ2v) is 6.69. The zero-order chi connectivity index (χ0) is 17.1. The van der Waals surface area contributed by atoms with Gasteiger partial charge < -0.3 is 15.1 Å². The van der Waals surface area contributed by atoms with Gasteiger partial charge in [0, 0.05) is 37.6 Å². The third-order valence-electron chi connectivity index (χ3n) is 5.13. The molecule has 1 aromatic carbocycles. The van der Waals surface area contributed by atoms with Crippen molar-refractivity contribution in [3.63, 3.8) is 0 Å². The summed E-state index contributed by atoms with van der Waals surface area (Å²) in [6, 6.07) is 8.03. The number of carbonyl (C=O) groups is 2.